The highest BCUT2D eigenvalue weighted by Crippen LogP contribution is 2.42. The zero-order valence-corrected chi connectivity index (χ0v) is 16.8. The molecule has 1 aliphatic heterocycles. The molecule has 0 saturated carbocycles. The lowest BCUT2D eigenvalue weighted by Gasteiger charge is -2.30. The molecule has 132 valence electrons. The van der Waals surface area contributed by atoms with Crippen LogP contribution in [0, 0.1) is 39.3 Å². The summed E-state index contributed by atoms with van der Waals surface area (Å²) in [6.45, 7) is 8.79. The zero-order valence-electron chi connectivity index (χ0n) is 14.6. The highest BCUT2D eigenvalue weighted by molar-refractivity contribution is 14.1. The Morgan fingerprint density at radius 1 is 1.04 bits per heavy atom. The molecule has 0 bridgehead atoms. The van der Waals surface area contributed by atoms with Gasteiger partial charge in [0, 0.05) is 17.2 Å². The van der Waals surface area contributed by atoms with Crippen LogP contribution >= 0.6 is 22.6 Å². The van der Waals surface area contributed by atoms with E-state index in [0.29, 0.717) is 16.8 Å². The van der Waals surface area contributed by atoms with E-state index < -0.39 is 15.2 Å². The number of halogens is 3. The number of alkyl halides is 1. The second-order valence-corrected chi connectivity index (χ2v) is 8.55. The molecule has 1 unspecified atom stereocenters. The fourth-order valence-corrected chi connectivity index (χ4v) is 3.37. The van der Waals surface area contributed by atoms with Crippen LogP contribution in [-0.2, 0) is 4.79 Å². The topological polar surface area (TPSA) is 38.3 Å². The number of ether oxygens (including phenoxy) is 1. The van der Waals surface area contributed by atoms with Crippen LogP contribution in [0.25, 0.3) is 11.1 Å². The van der Waals surface area contributed by atoms with Crippen molar-refractivity contribution in [1.82, 2.24) is 0 Å². The Bertz CT molecular complexity index is 893. The third-order valence-corrected chi connectivity index (χ3v) is 5.62. The molecule has 6 heteroatoms. The number of rotatable bonds is 1. The van der Waals surface area contributed by atoms with Crippen LogP contribution in [-0.4, -0.2) is 9.51 Å². The average Bonchev–Trinajstić information content (AvgIpc) is 2.53. The quantitative estimate of drug-likeness (QED) is 0.464. The molecule has 25 heavy (non-hydrogen) atoms. The Morgan fingerprint density at radius 2 is 1.64 bits per heavy atom. The monoisotopic (exact) mass is 457 g/mol. The van der Waals surface area contributed by atoms with Crippen molar-refractivity contribution in [1.29, 1.82) is 0 Å². The van der Waals surface area contributed by atoms with E-state index in [4.69, 9.17) is 4.74 Å². The maximum absolute atomic E-state index is 14.9. The van der Waals surface area contributed by atoms with E-state index in [9.17, 15) is 13.6 Å². The summed E-state index contributed by atoms with van der Waals surface area (Å²) in [6.07, 6.45) is 0. The van der Waals surface area contributed by atoms with Crippen molar-refractivity contribution in [3.63, 3.8) is 0 Å². The van der Waals surface area contributed by atoms with Crippen molar-refractivity contribution in [2.24, 2.45) is 0 Å². The second-order valence-electron chi connectivity index (χ2n) is 6.49. The molecule has 1 aliphatic rings. The number of carbonyl (C=O) groups is 1. The van der Waals surface area contributed by atoms with Crippen molar-refractivity contribution in [2.45, 2.75) is 38.2 Å². The molecule has 2 aromatic rings. The van der Waals surface area contributed by atoms with Crippen molar-refractivity contribution in [2.75, 3.05) is 5.32 Å². The molecule has 0 aliphatic carbocycles. The van der Waals surface area contributed by atoms with E-state index in [1.807, 2.05) is 36.4 Å². The van der Waals surface area contributed by atoms with E-state index in [-0.39, 0.29) is 22.8 Å². The van der Waals surface area contributed by atoms with Crippen molar-refractivity contribution in [3.8, 4) is 16.9 Å². The third kappa shape index (κ3) is 2.80. The molecule has 1 atom stereocenters. The minimum absolute atomic E-state index is 0.112. The Hall–Kier alpha value is -1.70. The number of fused-ring (bicyclic) bond motifs is 1. The lowest BCUT2D eigenvalue weighted by atomic mass is 9.89. The van der Waals surface area contributed by atoms with E-state index in [1.54, 1.807) is 20.8 Å². The van der Waals surface area contributed by atoms with Gasteiger partial charge in [-0.25, -0.2) is 8.78 Å². The molecule has 1 amide bonds. The van der Waals surface area contributed by atoms with Gasteiger partial charge < -0.3 is 10.1 Å². The third-order valence-electron chi connectivity index (χ3n) is 4.91. The summed E-state index contributed by atoms with van der Waals surface area (Å²) in [5, 5.41) is 2.71. The standard InChI is InChI=1S/C19H18F2INO2/c1-8-9(2)11(4)17(21)16(10(8)3)12-6-14-15(7-13(12)20)25-19(5,22)18(24)23-14/h6-7H,1-5H3,(H,23,24). The number of benzene rings is 2. The molecule has 0 spiro atoms. The molecule has 0 saturated heterocycles. The minimum atomic E-state index is -1.11. The molecule has 3 nitrogen and oxygen atoms in total. The fraction of sp³-hybridized carbons (Fsp3) is 0.316. The molecule has 3 rings (SSSR count). The lowest BCUT2D eigenvalue weighted by Crippen LogP contribution is -2.43. The number of amides is 1. The average molecular weight is 457 g/mol. The van der Waals surface area contributed by atoms with Gasteiger partial charge in [-0.1, -0.05) is 0 Å². The molecule has 1 heterocycles. The summed E-state index contributed by atoms with van der Waals surface area (Å²) >= 11 is 1.85. The molecule has 0 fully saturated rings. The number of hydrogen-bond acceptors (Lipinski definition) is 2. The predicted molar refractivity (Wildman–Crippen MR) is 102 cm³/mol. The van der Waals surface area contributed by atoms with Crippen LogP contribution in [0.2, 0.25) is 0 Å². The first-order chi connectivity index (χ1) is 11.5. The van der Waals surface area contributed by atoms with Gasteiger partial charge in [0.25, 0.3) is 5.91 Å². The summed E-state index contributed by atoms with van der Waals surface area (Å²) < 4.78 is 34.1. The first kappa shape index (κ1) is 18.1. The molecule has 0 aromatic heterocycles. The van der Waals surface area contributed by atoms with Crippen molar-refractivity contribution >= 4 is 34.2 Å². The Labute approximate surface area is 158 Å². The Kier molecular flexibility index (Phi) is 4.29. The number of carbonyl (C=O) groups excluding carboxylic acids is 1. The van der Waals surface area contributed by atoms with Gasteiger partial charge in [0.15, 0.2) is 0 Å². The van der Waals surface area contributed by atoms with Gasteiger partial charge in [-0.3, -0.25) is 4.79 Å². The molecule has 2 aromatic carbocycles. The SMILES string of the molecule is Cc1c(C)c(C)c(-c2cc3c(cc2F)OC(C)(I)C(=O)N3)c(F)c1C. The van der Waals surface area contributed by atoms with Crippen molar-refractivity contribution in [3.05, 3.63) is 46.0 Å². The first-order valence-electron chi connectivity index (χ1n) is 7.83. The van der Waals surface area contributed by atoms with E-state index in [2.05, 4.69) is 5.32 Å². The van der Waals surface area contributed by atoms with Crippen LogP contribution in [0.15, 0.2) is 12.1 Å². The van der Waals surface area contributed by atoms with Gasteiger partial charge in [0.2, 0.25) is 3.61 Å². The summed E-state index contributed by atoms with van der Waals surface area (Å²) in [5.74, 6) is -1.14. The van der Waals surface area contributed by atoms with Gasteiger partial charge in [-0.2, -0.15) is 0 Å². The highest BCUT2D eigenvalue weighted by atomic mass is 127. The van der Waals surface area contributed by atoms with Gasteiger partial charge in [0.05, 0.1) is 5.69 Å². The largest absolute Gasteiger partial charge is 0.465 e. The maximum Gasteiger partial charge on any atom is 0.278 e. The maximum atomic E-state index is 14.9. The molecule has 1 N–H and O–H groups in total. The normalized spacial score (nSPS) is 19.3. The van der Waals surface area contributed by atoms with Crippen LogP contribution in [0.3, 0.4) is 0 Å². The number of hydrogen-bond donors (Lipinski definition) is 1. The Balaban J connectivity index is 2.25. The van der Waals surface area contributed by atoms with Crippen LogP contribution in [0.5, 0.6) is 5.75 Å². The zero-order chi connectivity index (χ0) is 18.7. The van der Waals surface area contributed by atoms with Gasteiger partial charge in [-0.15, -0.1) is 0 Å². The number of anilines is 1. The summed E-state index contributed by atoms with van der Waals surface area (Å²) in [5.41, 5.74) is 3.63. The predicted octanol–water partition coefficient (Wildman–Crippen LogP) is 5.35. The summed E-state index contributed by atoms with van der Waals surface area (Å²) in [6, 6.07) is 2.64. The van der Waals surface area contributed by atoms with Crippen LogP contribution in [0.1, 0.15) is 29.2 Å². The van der Waals surface area contributed by atoms with Gasteiger partial charge in [-0.05, 0) is 85.5 Å². The van der Waals surface area contributed by atoms with Gasteiger partial charge in [0.1, 0.15) is 17.4 Å². The second kappa shape index (κ2) is 5.93. The first-order valence-corrected chi connectivity index (χ1v) is 8.91. The van der Waals surface area contributed by atoms with Crippen LogP contribution in [0.4, 0.5) is 14.5 Å². The summed E-state index contributed by atoms with van der Waals surface area (Å²) in [4.78, 5) is 12.1. The van der Waals surface area contributed by atoms with E-state index in [1.165, 1.54) is 12.1 Å². The minimum Gasteiger partial charge on any atom is -0.465 e. The van der Waals surface area contributed by atoms with Gasteiger partial charge >= 0.3 is 0 Å². The Morgan fingerprint density at radius 3 is 2.28 bits per heavy atom. The van der Waals surface area contributed by atoms with E-state index in [0.717, 1.165) is 11.1 Å². The molecule has 0 radical (unpaired) electrons. The number of nitrogens with one attached hydrogen (secondary N) is 1. The molecular formula is C19H18F2INO2. The fourth-order valence-electron chi connectivity index (χ4n) is 3.00. The van der Waals surface area contributed by atoms with Crippen molar-refractivity contribution < 1.29 is 18.3 Å². The molecular weight excluding hydrogens is 439 g/mol. The summed E-state index contributed by atoms with van der Waals surface area (Å²) in [7, 11) is 0. The highest BCUT2D eigenvalue weighted by Gasteiger charge is 2.38. The van der Waals surface area contributed by atoms with Crippen LogP contribution < -0.4 is 10.1 Å². The lowest BCUT2D eigenvalue weighted by molar-refractivity contribution is -0.123. The smallest absolute Gasteiger partial charge is 0.278 e. The van der Waals surface area contributed by atoms with E-state index >= 15 is 0 Å².